The maximum absolute atomic E-state index is 9.89. The number of benzene rings is 1. The van der Waals surface area contributed by atoms with Gasteiger partial charge in [-0.1, -0.05) is 24.3 Å². The average Bonchev–Trinajstić information content (AvgIpc) is 2.97. The average molecular weight is 291 g/mol. The second kappa shape index (κ2) is 7.36. The highest BCUT2D eigenvalue weighted by Gasteiger charge is 2.24. The molecular weight excluding hydrogens is 266 g/mol. The van der Waals surface area contributed by atoms with Gasteiger partial charge in [-0.2, -0.15) is 0 Å². The summed E-state index contributed by atoms with van der Waals surface area (Å²) in [7, 11) is 0. The summed E-state index contributed by atoms with van der Waals surface area (Å²) in [5.41, 5.74) is 2.92. The van der Waals surface area contributed by atoms with Crippen molar-refractivity contribution in [3.8, 4) is 0 Å². The molecule has 3 unspecified atom stereocenters. The van der Waals surface area contributed by atoms with Crippen LogP contribution in [-0.4, -0.2) is 50.2 Å². The highest BCUT2D eigenvalue weighted by molar-refractivity contribution is 5.40. The van der Waals surface area contributed by atoms with E-state index in [-0.39, 0.29) is 6.10 Å². The first-order chi connectivity index (χ1) is 10.3. The first-order valence-corrected chi connectivity index (χ1v) is 7.99. The van der Waals surface area contributed by atoms with Crippen LogP contribution < -0.4 is 5.32 Å². The van der Waals surface area contributed by atoms with Crippen molar-refractivity contribution in [3.05, 3.63) is 35.4 Å². The molecule has 3 rings (SSSR count). The minimum atomic E-state index is -0.443. The minimum absolute atomic E-state index is 0.233. The van der Waals surface area contributed by atoms with Gasteiger partial charge in [0, 0.05) is 25.6 Å². The Morgan fingerprint density at radius 3 is 3.10 bits per heavy atom. The van der Waals surface area contributed by atoms with E-state index in [4.69, 9.17) is 9.47 Å². The van der Waals surface area contributed by atoms with Crippen LogP contribution in [-0.2, 0) is 15.9 Å². The summed E-state index contributed by atoms with van der Waals surface area (Å²) < 4.78 is 11.0. The fourth-order valence-corrected chi connectivity index (χ4v) is 3.14. The molecule has 0 saturated carbocycles. The van der Waals surface area contributed by atoms with Crippen LogP contribution in [0, 0.1) is 0 Å². The van der Waals surface area contributed by atoms with Crippen molar-refractivity contribution in [1.29, 1.82) is 0 Å². The van der Waals surface area contributed by atoms with Gasteiger partial charge >= 0.3 is 0 Å². The van der Waals surface area contributed by atoms with Crippen LogP contribution in [0.25, 0.3) is 0 Å². The van der Waals surface area contributed by atoms with Crippen molar-refractivity contribution in [2.45, 2.75) is 37.4 Å². The molecule has 0 amide bonds. The summed E-state index contributed by atoms with van der Waals surface area (Å²) in [6, 6.07) is 8.59. The second-order valence-electron chi connectivity index (χ2n) is 6.08. The molecule has 2 aliphatic rings. The van der Waals surface area contributed by atoms with Gasteiger partial charge in [-0.25, -0.2) is 0 Å². The van der Waals surface area contributed by atoms with Crippen LogP contribution in [0.1, 0.15) is 29.9 Å². The molecule has 116 valence electrons. The zero-order chi connectivity index (χ0) is 14.5. The third-order valence-electron chi connectivity index (χ3n) is 4.37. The molecule has 0 aromatic heterocycles. The van der Waals surface area contributed by atoms with Gasteiger partial charge in [-0.05, 0) is 30.4 Å². The zero-order valence-electron chi connectivity index (χ0n) is 12.5. The molecule has 0 bridgehead atoms. The number of hydrogen-bond acceptors (Lipinski definition) is 4. The van der Waals surface area contributed by atoms with E-state index < -0.39 is 6.10 Å². The standard InChI is InChI=1S/C17H25NO3/c19-15(11-20-12-16-5-3-7-21-16)10-18-9-14-8-13-4-1-2-6-17(13)14/h1-2,4,6,14-16,18-19H,3,5,7-12H2. The maximum atomic E-state index is 9.89. The quantitative estimate of drug-likeness (QED) is 0.761. The summed E-state index contributed by atoms with van der Waals surface area (Å²) >= 11 is 0. The van der Waals surface area contributed by atoms with Gasteiger partial charge in [0.05, 0.1) is 25.4 Å². The van der Waals surface area contributed by atoms with E-state index in [0.717, 1.165) is 32.4 Å². The highest BCUT2D eigenvalue weighted by atomic mass is 16.5. The van der Waals surface area contributed by atoms with E-state index in [1.165, 1.54) is 11.1 Å². The fourth-order valence-electron chi connectivity index (χ4n) is 3.14. The Balaban J connectivity index is 1.26. The molecule has 0 radical (unpaired) electrons. The van der Waals surface area contributed by atoms with Gasteiger partial charge in [0.1, 0.15) is 0 Å². The molecule has 1 heterocycles. The molecule has 21 heavy (non-hydrogen) atoms. The molecule has 3 atom stereocenters. The third-order valence-corrected chi connectivity index (χ3v) is 4.37. The topological polar surface area (TPSA) is 50.7 Å². The van der Waals surface area contributed by atoms with Crippen LogP contribution in [0.15, 0.2) is 24.3 Å². The summed E-state index contributed by atoms with van der Waals surface area (Å²) in [6.07, 6.45) is 3.14. The summed E-state index contributed by atoms with van der Waals surface area (Å²) in [5.74, 6) is 0.598. The molecule has 1 aromatic rings. The van der Waals surface area contributed by atoms with Crippen LogP contribution in [0.5, 0.6) is 0 Å². The minimum Gasteiger partial charge on any atom is -0.389 e. The van der Waals surface area contributed by atoms with E-state index in [2.05, 4.69) is 29.6 Å². The Hall–Kier alpha value is -0.940. The predicted octanol–water partition coefficient (Wildman–Crippen LogP) is 1.47. The molecule has 1 fully saturated rings. The Morgan fingerprint density at radius 1 is 1.38 bits per heavy atom. The van der Waals surface area contributed by atoms with E-state index in [1.807, 2.05) is 0 Å². The summed E-state index contributed by atoms with van der Waals surface area (Å²) in [4.78, 5) is 0. The van der Waals surface area contributed by atoms with Gasteiger partial charge in [0.2, 0.25) is 0 Å². The van der Waals surface area contributed by atoms with E-state index in [1.54, 1.807) is 0 Å². The molecule has 1 saturated heterocycles. The van der Waals surface area contributed by atoms with Crippen LogP contribution in [0.2, 0.25) is 0 Å². The second-order valence-corrected chi connectivity index (χ2v) is 6.08. The number of nitrogens with one attached hydrogen (secondary N) is 1. The number of aliphatic hydroxyl groups is 1. The Morgan fingerprint density at radius 2 is 2.29 bits per heavy atom. The SMILES string of the molecule is OC(CNCC1Cc2ccccc21)COCC1CCCO1. The van der Waals surface area contributed by atoms with E-state index >= 15 is 0 Å². The number of ether oxygens (including phenoxy) is 2. The lowest BCUT2D eigenvalue weighted by molar-refractivity contribution is -0.0164. The summed E-state index contributed by atoms with van der Waals surface area (Å²) in [5, 5.41) is 13.2. The van der Waals surface area contributed by atoms with Crippen molar-refractivity contribution >= 4 is 0 Å². The lowest BCUT2D eigenvalue weighted by Crippen LogP contribution is -2.36. The zero-order valence-corrected chi connectivity index (χ0v) is 12.5. The first-order valence-electron chi connectivity index (χ1n) is 7.99. The van der Waals surface area contributed by atoms with Crippen molar-refractivity contribution in [2.24, 2.45) is 0 Å². The first kappa shape index (κ1) is 15.0. The molecule has 4 nitrogen and oxygen atoms in total. The lowest BCUT2D eigenvalue weighted by Gasteiger charge is -2.30. The Bertz CT molecular complexity index is 445. The van der Waals surface area contributed by atoms with Crippen LogP contribution >= 0.6 is 0 Å². The normalized spacial score (nSPS) is 25.4. The molecule has 4 heteroatoms. The van der Waals surface area contributed by atoms with Crippen LogP contribution in [0.3, 0.4) is 0 Å². The third kappa shape index (κ3) is 4.04. The smallest absolute Gasteiger partial charge is 0.0897 e. The number of aliphatic hydroxyl groups excluding tert-OH is 1. The largest absolute Gasteiger partial charge is 0.389 e. The number of fused-ring (bicyclic) bond motifs is 1. The number of rotatable bonds is 8. The van der Waals surface area contributed by atoms with Gasteiger partial charge in [0.15, 0.2) is 0 Å². The number of hydrogen-bond donors (Lipinski definition) is 2. The maximum Gasteiger partial charge on any atom is 0.0897 e. The fraction of sp³-hybridized carbons (Fsp3) is 0.647. The summed E-state index contributed by atoms with van der Waals surface area (Å²) in [6.45, 7) is 3.35. The molecule has 0 spiro atoms. The van der Waals surface area contributed by atoms with Gasteiger partial charge < -0.3 is 19.9 Å². The molecule has 1 aliphatic carbocycles. The predicted molar refractivity (Wildman–Crippen MR) is 81.6 cm³/mol. The van der Waals surface area contributed by atoms with E-state index in [0.29, 0.717) is 25.7 Å². The monoisotopic (exact) mass is 291 g/mol. The van der Waals surface area contributed by atoms with Gasteiger partial charge in [-0.3, -0.25) is 0 Å². The van der Waals surface area contributed by atoms with Gasteiger partial charge in [0.25, 0.3) is 0 Å². The Labute approximate surface area is 126 Å². The van der Waals surface area contributed by atoms with Crippen molar-refractivity contribution in [2.75, 3.05) is 32.9 Å². The van der Waals surface area contributed by atoms with Crippen molar-refractivity contribution in [3.63, 3.8) is 0 Å². The molecule has 1 aliphatic heterocycles. The molecule has 1 aromatic carbocycles. The molecular formula is C17H25NO3. The van der Waals surface area contributed by atoms with Crippen LogP contribution in [0.4, 0.5) is 0 Å². The molecule has 2 N–H and O–H groups in total. The van der Waals surface area contributed by atoms with Crippen molar-refractivity contribution < 1.29 is 14.6 Å². The Kier molecular flexibility index (Phi) is 5.25. The van der Waals surface area contributed by atoms with E-state index in [9.17, 15) is 5.11 Å². The van der Waals surface area contributed by atoms with Crippen molar-refractivity contribution in [1.82, 2.24) is 5.32 Å². The highest BCUT2D eigenvalue weighted by Crippen LogP contribution is 2.33. The lowest BCUT2D eigenvalue weighted by atomic mass is 9.77. The van der Waals surface area contributed by atoms with Gasteiger partial charge in [-0.15, -0.1) is 0 Å².